The summed E-state index contributed by atoms with van der Waals surface area (Å²) in [5.41, 5.74) is 5.89. The standard InChI is InChI=1S/C9H10N4O5S3/c1-18-21(16,17)9-12-11-8(19-9)13-20(14,15)7-4-2-6(10)3-5-7/h2-5H,10H2,1H3,(H,11,13). The number of hydrogen-bond acceptors (Lipinski definition) is 9. The summed E-state index contributed by atoms with van der Waals surface area (Å²) in [6.07, 6.45) is 0. The van der Waals surface area contributed by atoms with E-state index in [1.165, 1.54) is 24.3 Å². The van der Waals surface area contributed by atoms with Gasteiger partial charge < -0.3 is 5.73 Å². The lowest BCUT2D eigenvalue weighted by atomic mass is 10.3. The molecule has 0 unspecified atom stereocenters. The highest BCUT2D eigenvalue weighted by molar-refractivity contribution is 7.93. The zero-order valence-corrected chi connectivity index (χ0v) is 13.0. The van der Waals surface area contributed by atoms with Crippen LogP contribution in [0.15, 0.2) is 33.5 Å². The van der Waals surface area contributed by atoms with Gasteiger partial charge in [-0.3, -0.25) is 8.91 Å². The van der Waals surface area contributed by atoms with Crippen molar-refractivity contribution in [3.05, 3.63) is 24.3 Å². The summed E-state index contributed by atoms with van der Waals surface area (Å²) in [6.45, 7) is 0. The monoisotopic (exact) mass is 350 g/mol. The summed E-state index contributed by atoms with van der Waals surface area (Å²) in [4.78, 5) is -0.0388. The van der Waals surface area contributed by atoms with Crippen molar-refractivity contribution in [1.29, 1.82) is 0 Å². The maximum Gasteiger partial charge on any atom is 0.326 e. The Balaban J connectivity index is 2.28. The molecule has 114 valence electrons. The second-order valence-electron chi connectivity index (χ2n) is 3.67. The Morgan fingerprint density at radius 3 is 2.33 bits per heavy atom. The lowest BCUT2D eigenvalue weighted by Gasteiger charge is -2.04. The van der Waals surface area contributed by atoms with E-state index in [2.05, 4.69) is 19.1 Å². The molecular formula is C9H10N4O5S3. The summed E-state index contributed by atoms with van der Waals surface area (Å²) in [6, 6.07) is 5.47. The molecule has 0 saturated carbocycles. The number of nitrogens with two attached hydrogens (primary N) is 1. The summed E-state index contributed by atoms with van der Waals surface area (Å²) in [5, 5.41) is 6.62. The molecule has 1 aromatic heterocycles. The lowest BCUT2D eigenvalue weighted by Crippen LogP contribution is -2.12. The Bertz CT molecular complexity index is 842. The first kappa shape index (κ1) is 15.6. The maximum atomic E-state index is 12.0. The van der Waals surface area contributed by atoms with Crippen LogP contribution in [0.4, 0.5) is 10.8 Å². The minimum Gasteiger partial charge on any atom is -0.399 e. The fraction of sp³-hybridized carbons (Fsp3) is 0.111. The predicted octanol–water partition coefficient (Wildman–Crippen LogP) is 0.256. The number of benzene rings is 1. The van der Waals surface area contributed by atoms with Crippen molar-refractivity contribution in [2.75, 3.05) is 17.6 Å². The van der Waals surface area contributed by atoms with Crippen molar-refractivity contribution in [1.82, 2.24) is 10.2 Å². The molecule has 0 amide bonds. The van der Waals surface area contributed by atoms with Gasteiger partial charge >= 0.3 is 10.1 Å². The van der Waals surface area contributed by atoms with Gasteiger partial charge in [0.25, 0.3) is 14.4 Å². The van der Waals surface area contributed by atoms with Gasteiger partial charge in [0.05, 0.1) is 12.0 Å². The summed E-state index contributed by atoms with van der Waals surface area (Å²) in [7, 11) is -6.94. The molecular weight excluding hydrogens is 340 g/mol. The molecule has 0 spiro atoms. The molecule has 2 aromatic rings. The number of rotatable bonds is 5. The molecule has 1 heterocycles. The van der Waals surface area contributed by atoms with E-state index in [-0.39, 0.29) is 10.0 Å². The van der Waals surface area contributed by atoms with E-state index in [1.54, 1.807) is 0 Å². The second-order valence-corrected chi connectivity index (χ2v) is 8.22. The van der Waals surface area contributed by atoms with Crippen LogP contribution in [0.2, 0.25) is 0 Å². The second kappa shape index (κ2) is 5.55. The normalized spacial score (nSPS) is 12.2. The van der Waals surface area contributed by atoms with Gasteiger partial charge in [-0.1, -0.05) is 11.3 Å². The molecule has 0 saturated heterocycles. The Labute approximate surface area is 125 Å². The molecule has 21 heavy (non-hydrogen) atoms. The molecule has 0 aliphatic rings. The van der Waals surface area contributed by atoms with Crippen LogP contribution in [0.5, 0.6) is 0 Å². The molecule has 3 N–H and O–H groups in total. The number of anilines is 2. The van der Waals surface area contributed by atoms with Gasteiger partial charge in [0, 0.05) is 5.69 Å². The van der Waals surface area contributed by atoms with Gasteiger partial charge in [-0.15, -0.1) is 10.2 Å². The van der Waals surface area contributed by atoms with E-state index >= 15 is 0 Å². The van der Waals surface area contributed by atoms with Gasteiger partial charge in [-0.2, -0.15) is 8.42 Å². The van der Waals surface area contributed by atoms with Crippen LogP contribution in [-0.4, -0.2) is 34.1 Å². The number of aromatic nitrogens is 2. The Morgan fingerprint density at radius 1 is 1.14 bits per heavy atom. The third-order valence-corrected chi connectivity index (χ3v) is 6.18. The molecule has 1 aromatic carbocycles. The van der Waals surface area contributed by atoms with Crippen molar-refractivity contribution in [2.24, 2.45) is 0 Å². The minimum absolute atomic E-state index is 0.0388. The molecule has 0 aliphatic carbocycles. The van der Waals surface area contributed by atoms with Crippen molar-refractivity contribution in [3.8, 4) is 0 Å². The molecule has 0 atom stereocenters. The molecule has 0 fully saturated rings. The van der Waals surface area contributed by atoms with E-state index in [0.29, 0.717) is 17.0 Å². The van der Waals surface area contributed by atoms with Crippen LogP contribution in [0, 0.1) is 0 Å². The summed E-state index contributed by atoms with van der Waals surface area (Å²) < 4.78 is 52.8. The smallest absolute Gasteiger partial charge is 0.326 e. The van der Waals surface area contributed by atoms with Crippen LogP contribution in [0.1, 0.15) is 0 Å². The number of nitrogen functional groups attached to an aromatic ring is 1. The van der Waals surface area contributed by atoms with E-state index in [4.69, 9.17) is 5.73 Å². The van der Waals surface area contributed by atoms with Gasteiger partial charge in [-0.05, 0) is 24.3 Å². The fourth-order valence-electron chi connectivity index (χ4n) is 1.24. The van der Waals surface area contributed by atoms with E-state index in [0.717, 1.165) is 7.11 Å². The highest BCUT2D eigenvalue weighted by Crippen LogP contribution is 2.24. The molecule has 12 heteroatoms. The van der Waals surface area contributed by atoms with E-state index < -0.39 is 24.5 Å². The molecule has 0 bridgehead atoms. The zero-order chi connectivity index (χ0) is 15.7. The average molecular weight is 350 g/mol. The highest BCUT2D eigenvalue weighted by atomic mass is 32.3. The topological polar surface area (TPSA) is 141 Å². The predicted molar refractivity (Wildman–Crippen MR) is 75.8 cm³/mol. The quantitative estimate of drug-likeness (QED) is 0.577. The van der Waals surface area contributed by atoms with Crippen LogP contribution < -0.4 is 10.5 Å². The van der Waals surface area contributed by atoms with Gasteiger partial charge in [0.1, 0.15) is 0 Å². The van der Waals surface area contributed by atoms with Crippen LogP contribution in [0.3, 0.4) is 0 Å². The van der Waals surface area contributed by atoms with Gasteiger partial charge in [0.2, 0.25) is 5.13 Å². The first-order valence-corrected chi connectivity index (χ1v) is 8.98. The van der Waals surface area contributed by atoms with Crippen molar-refractivity contribution < 1.29 is 21.0 Å². The van der Waals surface area contributed by atoms with E-state index in [1.807, 2.05) is 0 Å². The van der Waals surface area contributed by atoms with Crippen LogP contribution in [0.25, 0.3) is 0 Å². The Kier molecular flexibility index (Phi) is 4.13. The summed E-state index contributed by atoms with van der Waals surface area (Å²) >= 11 is 0.539. The SMILES string of the molecule is COS(=O)(=O)c1nnc(NS(=O)(=O)c2ccc(N)cc2)s1. The number of nitrogens with zero attached hydrogens (tertiary/aromatic N) is 2. The fourth-order valence-corrected chi connectivity index (χ4v) is 4.08. The molecule has 0 radical (unpaired) electrons. The number of nitrogens with one attached hydrogen (secondary N) is 1. The molecule has 9 nitrogen and oxygen atoms in total. The van der Waals surface area contributed by atoms with Crippen molar-refractivity contribution in [2.45, 2.75) is 9.24 Å². The number of hydrogen-bond donors (Lipinski definition) is 2. The summed E-state index contributed by atoms with van der Waals surface area (Å²) in [5.74, 6) is 0. The van der Waals surface area contributed by atoms with Crippen LogP contribution in [-0.2, 0) is 24.3 Å². The van der Waals surface area contributed by atoms with Crippen LogP contribution >= 0.6 is 11.3 Å². The Hall–Kier alpha value is -1.76. The molecule has 0 aliphatic heterocycles. The Morgan fingerprint density at radius 2 is 1.76 bits per heavy atom. The molecule has 2 rings (SSSR count). The maximum absolute atomic E-state index is 12.0. The van der Waals surface area contributed by atoms with Gasteiger partial charge in [-0.25, -0.2) is 8.42 Å². The first-order chi connectivity index (χ1) is 9.74. The van der Waals surface area contributed by atoms with E-state index in [9.17, 15) is 16.8 Å². The van der Waals surface area contributed by atoms with Crippen molar-refractivity contribution >= 4 is 42.3 Å². The zero-order valence-electron chi connectivity index (χ0n) is 10.5. The first-order valence-electron chi connectivity index (χ1n) is 5.27. The third-order valence-electron chi connectivity index (χ3n) is 2.25. The lowest BCUT2D eigenvalue weighted by molar-refractivity contribution is 0.397. The van der Waals surface area contributed by atoms with Crippen molar-refractivity contribution in [3.63, 3.8) is 0 Å². The minimum atomic E-state index is -4.01. The number of sulfonamides is 1. The third kappa shape index (κ3) is 3.47. The largest absolute Gasteiger partial charge is 0.399 e. The average Bonchev–Trinajstić information content (AvgIpc) is 2.87. The highest BCUT2D eigenvalue weighted by Gasteiger charge is 2.22. The van der Waals surface area contributed by atoms with Gasteiger partial charge in [0.15, 0.2) is 0 Å².